The monoisotopic (exact) mass is 396 g/mol. The van der Waals surface area contributed by atoms with E-state index in [4.69, 9.17) is 0 Å². The van der Waals surface area contributed by atoms with Crippen molar-refractivity contribution in [2.45, 2.75) is 32.2 Å². The molecule has 0 unspecified atom stereocenters. The van der Waals surface area contributed by atoms with Gasteiger partial charge in [-0.3, -0.25) is 4.57 Å². The van der Waals surface area contributed by atoms with Crippen LogP contribution in [0.5, 0.6) is 0 Å². The Hall–Kier alpha value is -2.60. The van der Waals surface area contributed by atoms with E-state index in [0.717, 1.165) is 81.7 Å². The zero-order valence-electron chi connectivity index (χ0n) is 16.8. The molecule has 2 aromatic carbocycles. The molecule has 0 saturated carbocycles. The van der Waals surface area contributed by atoms with Gasteiger partial charge in [0, 0.05) is 31.9 Å². The van der Waals surface area contributed by atoms with Crippen LogP contribution in [0.4, 0.5) is 10.1 Å². The van der Waals surface area contributed by atoms with E-state index in [0.29, 0.717) is 0 Å². The molecule has 6 heteroatoms. The van der Waals surface area contributed by atoms with Crippen molar-refractivity contribution in [3.8, 4) is 0 Å². The van der Waals surface area contributed by atoms with E-state index in [1.165, 1.54) is 12.1 Å². The Morgan fingerprint density at radius 2 is 1.66 bits per heavy atom. The smallest absolute Gasteiger partial charge is 0.326 e. The standard InChI is InChI=1S/C23H29FN4O/c24-19-9-11-20(12-10-19)27-15-6-14-26(17-18-27)13-4-1-5-16-28-22-8-3-2-7-21(22)25-23(28)29/h2-3,7-12H,1,4-6,13-18H2,(H,25,29). The molecule has 29 heavy (non-hydrogen) atoms. The predicted octanol–water partition coefficient (Wildman–Crippen LogP) is 3.85. The van der Waals surface area contributed by atoms with Gasteiger partial charge in [0.1, 0.15) is 5.82 Å². The lowest BCUT2D eigenvalue weighted by molar-refractivity contribution is 0.285. The largest absolute Gasteiger partial charge is 0.370 e. The van der Waals surface area contributed by atoms with Gasteiger partial charge in [0.15, 0.2) is 0 Å². The van der Waals surface area contributed by atoms with Gasteiger partial charge < -0.3 is 14.8 Å². The number of nitrogens with one attached hydrogen (secondary N) is 1. The summed E-state index contributed by atoms with van der Waals surface area (Å²) in [6.45, 7) is 6.02. The molecule has 3 aromatic rings. The number of aromatic nitrogens is 2. The molecule has 1 aliphatic rings. The Morgan fingerprint density at radius 1 is 0.862 bits per heavy atom. The van der Waals surface area contributed by atoms with E-state index < -0.39 is 0 Å². The Labute approximate surface area is 170 Å². The zero-order valence-corrected chi connectivity index (χ0v) is 16.8. The van der Waals surface area contributed by atoms with Crippen molar-refractivity contribution in [1.29, 1.82) is 0 Å². The minimum absolute atomic E-state index is 0.0143. The summed E-state index contributed by atoms with van der Waals surface area (Å²) in [6.07, 6.45) is 4.40. The van der Waals surface area contributed by atoms with Crippen molar-refractivity contribution in [3.05, 3.63) is 64.8 Å². The maximum Gasteiger partial charge on any atom is 0.326 e. The number of unbranched alkanes of at least 4 members (excludes halogenated alkanes) is 2. The van der Waals surface area contributed by atoms with Gasteiger partial charge in [-0.15, -0.1) is 0 Å². The number of hydrogen-bond donors (Lipinski definition) is 1. The van der Waals surface area contributed by atoms with Crippen LogP contribution in [0.1, 0.15) is 25.7 Å². The number of nitrogens with zero attached hydrogens (tertiary/aromatic N) is 3. The van der Waals surface area contributed by atoms with E-state index in [-0.39, 0.29) is 11.5 Å². The van der Waals surface area contributed by atoms with Gasteiger partial charge >= 0.3 is 5.69 Å². The topological polar surface area (TPSA) is 44.3 Å². The Balaban J connectivity index is 1.20. The number of rotatable bonds is 7. The number of hydrogen-bond acceptors (Lipinski definition) is 3. The minimum atomic E-state index is -0.180. The van der Waals surface area contributed by atoms with Gasteiger partial charge in [-0.25, -0.2) is 9.18 Å². The summed E-state index contributed by atoms with van der Waals surface area (Å²) in [5.41, 5.74) is 3.00. The maximum atomic E-state index is 13.1. The molecule has 1 fully saturated rings. The Bertz CT molecular complexity index is 978. The number of imidazole rings is 1. The van der Waals surface area contributed by atoms with Crippen LogP contribution >= 0.6 is 0 Å². The fourth-order valence-electron chi connectivity index (χ4n) is 4.22. The molecule has 2 heterocycles. The number of H-pyrrole nitrogens is 1. The van der Waals surface area contributed by atoms with Gasteiger partial charge in [-0.05, 0) is 68.8 Å². The average Bonchev–Trinajstić information content (AvgIpc) is 2.89. The van der Waals surface area contributed by atoms with Crippen molar-refractivity contribution in [3.63, 3.8) is 0 Å². The molecule has 5 nitrogen and oxygen atoms in total. The van der Waals surface area contributed by atoms with E-state index in [2.05, 4.69) is 14.8 Å². The second-order valence-electron chi connectivity index (χ2n) is 7.82. The summed E-state index contributed by atoms with van der Waals surface area (Å²) >= 11 is 0. The number of halogens is 1. The highest BCUT2D eigenvalue weighted by Crippen LogP contribution is 2.17. The molecule has 0 amide bonds. The van der Waals surface area contributed by atoms with Gasteiger partial charge in [-0.2, -0.15) is 0 Å². The van der Waals surface area contributed by atoms with Crippen LogP contribution in [-0.4, -0.2) is 47.2 Å². The molecule has 0 bridgehead atoms. The minimum Gasteiger partial charge on any atom is -0.370 e. The third-order valence-corrected chi connectivity index (χ3v) is 5.82. The van der Waals surface area contributed by atoms with E-state index in [9.17, 15) is 9.18 Å². The molecule has 4 rings (SSSR count). The van der Waals surface area contributed by atoms with E-state index >= 15 is 0 Å². The summed E-state index contributed by atoms with van der Waals surface area (Å²) in [6, 6.07) is 14.7. The second kappa shape index (κ2) is 9.27. The average molecular weight is 397 g/mol. The molecule has 1 aromatic heterocycles. The second-order valence-corrected chi connectivity index (χ2v) is 7.82. The number of anilines is 1. The quantitative estimate of drug-likeness (QED) is 0.617. The van der Waals surface area contributed by atoms with Gasteiger partial charge in [0.05, 0.1) is 11.0 Å². The number of para-hydroxylation sites is 2. The molecule has 1 N–H and O–H groups in total. The van der Waals surface area contributed by atoms with Crippen LogP contribution in [0, 0.1) is 5.82 Å². The first kappa shape index (κ1) is 19.7. The third kappa shape index (κ3) is 4.88. The summed E-state index contributed by atoms with van der Waals surface area (Å²) in [5.74, 6) is -0.180. The highest BCUT2D eigenvalue weighted by Gasteiger charge is 2.15. The number of aryl methyl sites for hydroxylation is 1. The molecule has 154 valence electrons. The lowest BCUT2D eigenvalue weighted by atomic mass is 10.2. The van der Waals surface area contributed by atoms with Crippen molar-refractivity contribution in [2.75, 3.05) is 37.6 Å². The van der Waals surface area contributed by atoms with E-state index in [1.54, 1.807) is 0 Å². The van der Waals surface area contributed by atoms with Crippen LogP contribution in [-0.2, 0) is 6.54 Å². The first-order valence-corrected chi connectivity index (χ1v) is 10.6. The summed E-state index contributed by atoms with van der Waals surface area (Å²) in [5, 5.41) is 0. The molecule has 0 radical (unpaired) electrons. The first-order chi connectivity index (χ1) is 14.2. The molecular formula is C23H29FN4O. The highest BCUT2D eigenvalue weighted by atomic mass is 19.1. The molecule has 0 spiro atoms. The molecule has 1 aliphatic heterocycles. The zero-order chi connectivity index (χ0) is 20.1. The molecule has 0 atom stereocenters. The lowest BCUT2D eigenvalue weighted by Crippen LogP contribution is -2.31. The van der Waals surface area contributed by atoms with Crippen molar-refractivity contribution >= 4 is 16.7 Å². The van der Waals surface area contributed by atoms with E-state index in [1.807, 2.05) is 41.0 Å². The van der Waals surface area contributed by atoms with Crippen molar-refractivity contribution < 1.29 is 4.39 Å². The van der Waals surface area contributed by atoms with Gasteiger partial charge in [0.2, 0.25) is 0 Å². The number of benzene rings is 2. The maximum absolute atomic E-state index is 13.1. The third-order valence-electron chi connectivity index (χ3n) is 5.82. The van der Waals surface area contributed by atoms with Crippen molar-refractivity contribution in [2.24, 2.45) is 0 Å². The van der Waals surface area contributed by atoms with Crippen LogP contribution in [0.3, 0.4) is 0 Å². The predicted molar refractivity (Wildman–Crippen MR) is 116 cm³/mol. The van der Waals surface area contributed by atoms with Crippen LogP contribution < -0.4 is 10.6 Å². The first-order valence-electron chi connectivity index (χ1n) is 10.6. The Kier molecular flexibility index (Phi) is 6.30. The van der Waals surface area contributed by atoms with Gasteiger partial charge in [0.25, 0.3) is 0 Å². The fraction of sp³-hybridized carbons (Fsp3) is 0.435. The van der Waals surface area contributed by atoms with Crippen molar-refractivity contribution in [1.82, 2.24) is 14.5 Å². The molecule has 0 aliphatic carbocycles. The van der Waals surface area contributed by atoms with Crippen LogP contribution in [0.2, 0.25) is 0 Å². The SMILES string of the molecule is O=c1[nH]c2ccccc2n1CCCCCN1CCCN(c2ccc(F)cc2)CC1. The summed E-state index contributed by atoms with van der Waals surface area (Å²) in [4.78, 5) is 19.9. The van der Waals surface area contributed by atoms with Crippen LogP contribution in [0.15, 0.2) is 53.3 Å². The molecule has 1 saturated heterocycles. The van der Waals surface area contributed by atoms with Crippen LogP contribution in [0.25, 0.3) is 11.0 Å². The number of aromatic amines is 1. The normalized spacial score (nSPS) is 15.7. The fourth-order valence-corrected chi connectivity index (χ4v) is 4.22. The number of fused-ring (bicyclic) bond motifs is 1. The Morgan fingerprint density at radius 3 is 2.52 bits per heavy atom. The lowest BCUT2D eigenvalue weighted by Gasteiger charge is -2.23. The van der Waals surface area contributed by atoms with Gasteiger partial charge in [-0.1, -0.05) is 18.6 Å². The molecular weight excluding hydrogens is 367 g/mol. The highest BCUT2D eigenvalue weighted by molar-refractivity contribution is 5.74. The summed E-state index contributed by atoms with van der Waals surface area (Å²) < 4.78 is 15.0. The summed E-state index contributed by atoms with van der Waals surface area (Å²) in [7, 11) is 0.